The fourth-order valence-corrected chi connectivity index (χ4v) is 2.24. The minimum atomic E-state index is -0.169. The Balaban J connectivity index is 2.29. The lowest BCUT2D eigenvalue weighted by atomic mass is 9.84. The van der Waals surface area contributed by atoms with Gasteiger partial charge >= 0.3 is 0 Å². The zero-order valence-corrected chi connectivity index (χ0v) is 9.02. The molecule has 1 saturated carbocycles. The van der Waals surface area contributed by atoms with Gasteiger partial charge < -0.3 is 5.11 Å². The maximum absolute atomic E-state index is 9.75. The van der Waals surface area contributed by atoms with Crippen LogP contribution in [-0.4, -0.2) is 11.2 Å². The molecule has 1 rings (SSSR count). The molecule has 1 fully saturated rings. The number of rotatable bonds is 3. The van der Waals surface area contributed by atoms with Gasteiger partial charge in [-0.1, -0.05) is 41.8 Å². The third-order valence-electron chi connectivity index (χ3n) is 2.62. The van der Waals surface area contributed by atoms with Gasteiger partial charge in [-0.3, -0.25) is 0 Å². The molecule has 70 valence electrons. The summed E-state index contributed by atoms with van der Waals surface area (Å²) >= 11 is 3.29. The first kappa shape index (κ1) is 10.3. The second-order valence-electron chi connectivity index (χ2n) is 3.69. The van der Waals surface area contributed by atoms with E-state index in [1.54, 1.807) is 0 Å². The first-order valence-electron chi connectivity index (χ1n) is 4.71. The molecule has 0 saturated heterocycles. The molecule has 0 aromatic rings. The Morgan fingerprint density at radius 2 is 2.00 bits per heavy atom. The van der Waals surface area contributed by atoms with Crippen molar-refractivity contribution in [3.05, 3.63) is 11.1 Å². The Bertz CT molecular complexity index is 150. The van der Waals surface area contributed by atoms with Crippen LogP contribution in [0.5, 0.6) is 0 Å². The lowest BCUT2D eigenvalue weighted by Crippen LogP contribution is -2.22. The molecular weight excluding hydrogens is 216 g/mol. The molecule has 0 unspecified atom stereocenters. The van der Waals surface area contributed by atoms with Gasteiger partial charge in [-0.2, -0.15) is 0 Å². The summed E-state index contributed by atoms with van der Waals surface area (Å²) in [6.07, 6.45) is 6.86. The van der Waals surface area contributed by atoms with Gasteiger partial charge in [0, 0.05) is 6.42 Å². The Morgan fingerprint density at radius 1 is 1.42 bits per heavy atom. The highest BCUT2D eigenvalue weighted by Gasteiger charge is 2.21. The maximum atomic E-state index is 9.75. The quantitative estimate of drug-likeness (QED) is 0.793. The van der Waals surface area contributed by atoms with Crippen molar-refractivity contribution in [2.24, 2.45) is 5.92 Å². The monoisotopic (exact) mass is 232 g/mol. The van der Waals surface area contributed by atoms with Gasteiger partial charge in [0.15, 0.2) is 0 Å². The van der Waals surface area contributed by atoms with Crippen molar-refractivity contribution in [3.8, 4) is 0 Å². The van der Waals surface area contributed by atoms with E-state index < -0.39 is 0 Å². The molecule has 1 aliphatic carbocycles. The maximum Gasteiger partial charge on any atom is 0.0613 e. The number of aliphatic hydroxyl groups is 1. The van der Waals surface area contributed by atoms with E-state index >= 15 is 0 Å². The van der Waals surface area contributed by atoms with Crippen molar-refractivity contribution in [3.63, 3.8) is 0 Å². The van der Waals surface area contributed by atoms with Crippen LogP contribution in [-0.2, 0) is 0 Å². The van der Waals surface area contributed by atoms with Crippen LogP contribution in [0.1, 0.15) is 38.5 Å². The van der Waals surface area contributed by atoms with Crippen molar-refractivity contribution in [1.29, 1.82) is 0 Å². The molecule has 1 nitrogen and oxygen atoms in total. The molecule has 0 spiro atoms. The van der Waals surface area contributed by atoms with Crippen molar-refractivity contribution in [2.75, 3.05) is 0 Å². The molecule has 12 heavy (non-hydrogen) atoms. The largest absolute Gasteiger partial charge is 0.392 e. The van der Waals surface area contributed by atoms with Crippen LogP contribution in [0.25, 0.3) is 0 Å². The summed E-state index contributed by atoms with van der Waals surface area (Å²) in [5.74, 6) is 0.521. The molecule has 1 N–H and O–H groups in total. The van der Waals surface area contributed by atoms with Crippen molar-refractivity contribution in [2.45, 2.75) is 44.6 Å². The molecule has 0 radical (unpaired) electrons. The summed E-state index contributed by atoms with van der Waals surface area (Å²) in [6, 6.07) is 0. The molecular formula is C10H17BrO. The topological polar surface area (TPSA) is 20.2 Å². The zero-order chi connectivity index (χ0) is 8.97. The molecule has 0 aromatic heterocycles. The normalized spacial score (nSPS) is 22.2. The Morgan fingerprint density at radius 3 is 2.50 bits per heavy atom. The van der Waals surface area contributed by atoms with Gasteiger partial charge in [-0.15, -0.1) is 0 Å². The van der Waals surface area contributed by atoms with E-state index in [1.165, 1.54) is 32.1 Å². The molecule has 0 amide bonds. The van der Waals surface area contributed by atoms with Gasteiger partial charge in [0.1, 0.15) is 0 Å². The SMILES string of the molecule is C=C(Br)C[C@H](O)C1CCCCC1. The predicted molar refractivity (Wildman–Crippen MR) is 55.3 cm³/mol. The Labute approximate surface area is 83.0 Å². The summed E-state index contributed by atoms with van der Waals surface area (Å²) in [6.45, 7) is 3.75. The van der Waals surface area contributed by atoms with Crippen LogP contribution in [0.3, 0.4) is 0 Å². The summed E-state index contributed by atoms with van der Waals surface area (Å²) in [4.78, 5) is 0. The summed E-state index contributed by atoms with van der Waals surface area (Å²) in [5, 5.41) is 9.75. The summed E-state index contributed by atoms with van der Waals surface area (Å²) in [7, 11) is 0. The van der Waals surface area contributed by atoms with Crippen molar-refractivity contribution >= 4 is 15.9 Å². The van der Waals surface area contributed by atoms with Gasteiger partial charge in [0.2, 0.25) is 0 Å². The Hall–Kier alpha value is 0.180. The van der Waals surface area contributed by atoms with Gasteiger partial charge in [-0.25, -0.2) is 0 Å². The third kappa shape index (κ3) is 3.28. The third-order valence-corrected chi connectivity index (χ3v) is 2.95. The Kier molecular flexibility index (Phi) is 4.30. The van der Waals surface area contributed by atoms with E-state index in [-0.39, 0.29) is 6.10 Å². The predicted octanol–water partition coefficient (Wildman–Crippen LogP) is 3.23. The highest BCUT2D eigenvalue weighted by molar-refractivity contribution is 9.11. The molecule has 0 aromatic carbocycles. The van der Waals surface area contributed by atoms with Crippen LogP contribution < -0.4 is 0 Å². The van der Waals surface area contributed by atoms with E-state index in [9.17, 15) is 5.11 Å². The highest BCUT2D eigenvalue weighted by atomic mass is 79.9. The van der Waals surface area contributed by atoms with Crippen molar-refractivity contribution < 1.29 is 5.11 Å². The smallest absolute Gasteiger partial charge is 0.0613 e. The second-order valence-corrected chi connectivity index (χ2v) is 4.81. The fourth-order valence-electron chi connectivity index (χ4n) is 1.91. The van der Waals surface area contributed by atoms with E-state index in [1.807, 2.05) is 0 Å². The van der Waals surface area contributed by atoms with Crippen molar-refractivity contribution in [1.82, 2.24) is 0 Å². The van der Waals surface area contributed by atoms with Gasteiger partial charge in [0.05, 0.1) is 6.10 Å². The number of hydrogen-bond acceptors (Lipinski definition) is 1. The highest BCUT2D eigenvalue weighted by Crippen LogP contribution is 2.29. The standard InChI is InChI=1S/C10H17BrO/c1-8(11)7-10(12)9-5-3-2-4-6-9/h9-10,12H,1-7H2/t10-/m0/s1. The summed E-state index contributed by atoms with van der Waals surface area (Å²) < 4.78 is 0.917. The molecule has 1 atom stereocenters. The fraction of sp³-hybridized carbons (Fsp3) is 0.800. The number of aliphatic hydroxyl groups excluding tert-OH is 1. The average Bonchev–Trinajstić information content (AvgIpc) is 2.05. The lowest BCUT2D eigenvalue weighted by Gasteiger charge is -2.26. The molecule has 2 heteroatoms. The van der Waals surface area contributed by atoms with Crippen LogP contribution in [0.2, 0.25) is 0 Å². The van der Waals surface area contributed by atoms with E-state index in [2.05, 4.69) is 22.5 Å². The van der Waals surface area contributed by atoms with E-state index in [0.717, 1.165) is 4.48 Å². The van der Waals surface area contributed by atoms with Crippen LogP contribution in [0.4, 0.5) is 0 Å². The van der Waals surface area contributed by atoms with Crippen LogP contribution in [0.15, 0.2) is 11.1 Å². The van der Waals surface area contributed by atoms with Crippen LogP contribution >= 0.6 is 15.9 Å². The van der Waals surface area contributed by atoms with E-state index in [0.29, 0.717) is 12.3 Å². The molecule has 1 aliphatic rings. The number of halogens is 1. The first-order chi connectivity index (χ1) is 5.70. The van der Waals surface area contributed by atoms with Crippen LogP contribution in [0, 0.1) is 5.92 Å². The molecule has 0 aliphatic heterocycles. The first-order valence-corrected chi connectivity index (χ1v) is 5.51. The van der Waals surface area contributed by atoms with Gasteiger partial charge in [-0.05, 0) is 23.2 Å². The minimum Gasteiger partial charge on any atom is -0.392 e. The molecule has 0 bridgehead atoms. The second kappa shape index (κ2) is 5.03. The number of hydrogen-bond donors (Lipinski definition) is 1. The summed E-state index contributed by atoms with van der Waals surface area (Å²) in [5.41, 5.74) is 0. The lowest BCUT2D eigenvalue weighted by molar-refractivity contribution is 0.0869. The zero-order valence-electron chi connectivity index (χ0n) is 7.43. The van der Waals surface area contributed by atoms with E-state index in [4.69, 9.17) is 0 Å². The minimum absolute atomic E-state index is 0.169. The average molecular weight is 233 g/mol. The molecule has 0 heterocycles. The van der Waals surface area contributed by atoms with Gasteiger partial charge in [0.25, 0.3) is 0 Å².